The lowest BCUT2D eigenvalue weighted by Crippen LogP contribution is -2.25. The highest BCUT2D eigenvalue weighted by molar-refractivity contribution is 5.75. The lowest BCUT2D eigenvalue weighted by molar-refractivity contribution is -0.137. The van der Waals surface area contributed by atoms with Gasteiger partial charge in [0.05, 0.1) is 19.5 Å². The van der Waals surface area contributed by atoms with Crippen molar-refractivity contribution in [3.8, 4) is 0 Å². The standard InChI is InChI=1S/C20H34N4O3.C20H33N3O3/c25-19(23-26)13-16(10-6-9-15-7-2-1-3-8-15)20-22-18(24-27-20)14-21-17-11-4-5-12-17;24-19(25)13-16(10-6-9-15-7-2-1-3-8-15)20-22-18(23-26-20)14-21-17-11-4-5-12-17/h15-17,21,26H,1-14H2,(H,23,25);15-17,21H,1-14H2,(H,24,25)/t2*16-/m11/s1. The number of carbonyl (C=O) groups excluding carboxylic acids is 1. The molecule has 13 nitrogen and oxygen atoms in total. The van der Waals surface area contributed by atoms with Crippen LogP contribution in [-0.2, 0) is 22.7 Å². The second-order valence-corrected chi connectivity index (χ2v) is 16.4. The van der Waals surface area contributed by atoms with Gasteiger partial charge in [-0.05, 0) is 50.4 Å². The molecule has 2 atom stereocenters. The molecule has 0 spiro atoms. The van der Waals surface area contributed by atoms with Crippen LogP contribution in [0.2, 0.25) is 0 Å². The van der Waals surface area contributed by atoms with E-state index in [1.165, 1.54) is 128 Å². The summed E-state index contributed by atoms with van der Waals surface area (Å²) in [7, 11) is 0. The van der Waals surface area contributed by atoms with E-state index in [2.05, 4.69) is 30.9 Å². The minimum atomic E-state index is -0.795. The first-order chi connectivity index (χ1) is 25.9. The van der Waals surface area contributed by atoms with E-state index in [1.807, 2.05) is 0 Å². The van der Waals surface area contributed by atoms with Gasteiger partial charge in [-0.25, -0.2) is 5.48 Å². The molecule has 6 rings (SSSR count). The van der Waals surface area contributed by atoms with Crippen LogP contribution in [0.5, 0.6) is 0 Å². The Labute approximate surface area is 315 Å². The van der Waals surface area contributed by atoms with Crippen LogP contribution < -0.4 is 16.1 Å². The number of hydrogen-bond donors (Lipinski definition) is 5. The van der Waals surface area contributed by atoms with Crippen molar-refractivity contribution in [1.29, 1.82) is 0 Å². The van der Waals surface area contributed by atoms with Crippen molar-refractivity contribution in [3.63, 3.8) is 0 Å². The molecular weight excluding hydrogens is 674 g/mol. The SMILES string of the molecule is O=C(C[C@@H](CCCC1CCCCC1)c1nc(CNC2CCCC2)no1)NO.O=C(O)C[C@@H](CCCC1CCCCC1)c1nc(CNC2CCCC2)no1. The lowest BCUT2D eigenvalue weighted by atomic mass is 9.84. The van der Waals surface area contributed by atoms with Gasteiger partial charge in [0, 0.05) is 30.3 Å². The first kappa shape index (κ1) is 41.3. The zero-order valence-corrected chi connectivity index (χ0v) is 32.1. The van der Waals surface area contributed by atoms with Crippen LogP contribution in [0.15, 0.2) is 9.05 Å². The number of aliphatic carboxylic acids is 1. The normalized spacial score (nSPS) is 20.2. The Hall–Kier alpha value is -2.90. The van der Waals surface area contributed by atoms with Crippen LogP contribution in [0.1, 0.15) is 202 Å². The van der Waals surface area contributed by atoms with Crippen LogP contribution in [0.25, 0.3) is 0 Å². The van der Waals surface area contributed by atoms with Crippen molar-refractivity contribution in [1.82, 2.24) is 36.4 Å². The second-order valence-electron chi connectivity index (χ2n) is 16.4. The molecule has 13 heteroatoms. The Bertz CT molecular complexity index is 1310. The third-order valence-electron chi connectivity index (χ3n) is 12.2. The summed E-state index contributed by atoms with van der Waals surface area (Å²) >= 11 is 0. The van der Waals surface area contributed by atoms with E-state index in [1.54, 1.807) is 5.48 Å². The number of hydroxylamine groups is 1. The zero-order chi connectivity index (χ0) is 37.1. The number of nitrogens with zero attached hydrogens (tertiary/aromatic N) is 4. The average molecular weight is 742 g/mol. The lowest BCUT2D eigenvalue weighted by Gasteiger charge is -2.22. The molecule has 0 saturated heterocycles. The molecule has 4 saturated carbocycles. The molecule has 4 aliphatic rings. The van der Waals surface area contributed by atoms with Gasteiger partial charge in [0.25, 0.3) is 0 Å². The quantitative estimate of drug-likeness (QED) is 0.0647. The van der Waals surface area contributed by atoms with Crippen LogP contribution in [0.4, 0.5) is 0 Å². The number of rotatable bonds is 20. The highest BCUT2D eigenvalue weighted by Gasteiger charge is 2.25. The monoisotopic (exact) mass is 742 g/mol. The molecule has 2 heterocycles. The zero-order valence-electron chi connectivity index (χ0n) is 32.1. The van der Waals surface area contributed by atoms with Gasteiger partial charge in [-0.15, -0.1) is 0 Å². The van der Waals surface area contributed by atoms with Crippen molar-refractivity contribution in [2.24, 2.45) is 11.8 Å². The van der Waals surface area contributed by atoms with Gasteiger partial charge in [0.2, 0.25) is 17.7 Å². The van der Waals surface area contributed by atoms with E-state index in [0.29, 0.717) is 48.6 Å². The van der Waals surface area contributed by atoms with E-state index < -0.39 is 11.9 Å². The van der Waals surface area contributed by atoms with Gasteiger partial charge >= 0.3 is 5.97 Å². The minimum absolute atomic E-state index is 0.0718. The Balaban J connectivity index is 0.000000204. The van der Waals surface area contributed by atoms with Gasteiger partial charge in [0.15, 0.2) is 11.6 Å². The fourth-order valence-electron chi connectivity index (χ4n) is 9.10. The topological polar surface area (TPSA) is 189 Å². The van der Waals surface area contributed by atoms with E-state index in [0.717, 1.165) is 37.5 Å². The average Bonchev–Trinajstić information content (AvgIpc) is 4.02. The van der Waals surface area contributed by atoms with E-state index in [9.17, 15) is 14.7 Å². The molecule has 5 N–H and O–H groups in total. The summed E-state index contributed by atoms with van der Waals surface area (Å²) in [5, 5.41) is 33.2. The molecule has 1 amide bonds. The van der Waals surface area contributed by atoms with Crippen molar-refractivity contribution < 1.29 is 28.9 Å². The summed E-state index contributed by atoms with van der Waals surface area (Å²) in [4.78, 5) is 32.0. The third-order valence-corrected chi connectivity index (χ3v) is 12.2. The number of aromatic nitrogens is 4. The molecule has 0 bridgehead atoms. The summed E-state index contributed by atoms with van der Waals surface area (Å²) in [5.74, 6) is 2.47. The van der Waals surface area contributed by atoms with E-state index >= 15 is 0 Å². The smallest absolute Gasteiger partial charge is 0.304 e. The molecule has 2 aromatic rings. The Kier molecular flexibility index (Phi) is 18.0. The molecular formula is C40H67N7O6. The highest BCUT2D eigenvalue weighted by Crippen LogP contribution is 2.32. The predicted octanol–water partition coefficient (Wildman–Crippen LogP) is 8.24. The number of carboxylic acid groups (broad SMARTS) is 1. The summed E-state index contributed by atoms with van der Waals surface area (Å²) < 4.78 is 10.9. The summed E-state index contributed by atoms with van der Waals surface area (Å²) in [5.41, 5.74) is 1.73. The third kappa shape index (κ3) is 15.0. The van der Waals surface area contributed by atoms with Crippen molar-refractivity contribution in [2.45, 2.75) is 204 Å². The van der Waals surface area contributed by atoms with Crippen LogP contribution in [0.3, 0.4) is 0 Å². The number of amides is 1. The molecule has 0 unspecified atom stereocenters. The van der Waals surface area contributed by atoms with Gasteiger partial charge in [0.1, 0.15) is 0 Å². The minimum Gasteiger partial charge on any atom is -0.481 e. The molecule has 0 radical (unpaired) electrons. The first-order valence-electron chi connectivity index (χ1n) is 21.2. The van der Waals surface area contributed by atoms with Gasteiger partial charge in [-0.1, -0.05) is 126 Å². The molecule has 4 aliphatic carbocycles. The van der Waals surface area contributed by atoms with Gasteiger partial charge in [-0.2, -0.15) is 9.97 Å². The molecule has 0 aromatic carbocycles. The largest absolute Gasteiger partial charge is 0.481 e. The maximum atomic E-state index is 11.7. The maximum Gasteiger partial charge on any atom is 0.304 e. The van der Waals surface area contributed by atoms with Crippen LogP contribution in [0, 0.1) is 11.8 Å². The van der Waals surface area contributed by atoms with E-state index in [-0.39, 0.29) is 24.7 Å². The fourth-order valence-corrected chi connectivity index (χ4v) is 9.10. The molecule has 2 aromatic heterocycles. The Morgan fingerprint density at radius 1 is 0.623 bits per heavy atom. The van der Waals surface area contributed by atoms with Gasteiger partial charge in [-0.3, -0.25) is 14.8 Å². The van der Waals surface area contributed by atoms with Crippen molar-refractivity contribution >= 4 is 11.9 Å². The van der Waals surface area contributed by atoms with Crippen molar-refractivity contribution in [3.05, 3.63) is 23.4 Å². The number of carboxylic acids is 1. The molecule has 298 valence electrons. The number of hydrogen-bond acceptors (Lipinski definition) is 11. The summed E-state index contributed by atoms with van der Waals surface area (Å²) in [6, 6.07) is 1.11. The first-order valence-corrected chi connectivity index (χ1v) is 21.2. The highest BCUT2D eigenvalue weighted by atomic mass is 16.5. The Morgan fingerprint density at radius 3 is 1.45 bits per heavy atom. The van der Waals surface area contributed by atoms with Crippen LogP contribution in [-0.4, -0.2) is 54.6 Å². The number of nitrogens with one attached hydrogen (secondary N) is 3. The fraction of sp³-hybridized carbons (Fsp3) is 0.850. The second kappa shape index (κ2) is 23.1. The van der Waals surface area contributed by atoms with Gasteiger partial charge < -0.3 is 24.8 Å². The summed E-state index contributed by atoms with van der Waals surface area (Å²) in [6.45, 7) is 1.21. The Morgan fingerprint density at radius 2 is 1.04 bits per heavy atom. The summed E-state index contributed by atoms with van der Waals surface area (Å²) in [6.07, 6.45) is 29.9. The molecule has 0 aliphatic heterocycles. The van der Waals surface area contributed by atoms with E-state index in [4.69, 9.17) is 14.3 Å². The molecule has 53 heavy (non-hydrogen) atoms. The maximum absolute atomic E-state index is 11.7. The molecule has 4 fully saturated rings. The van der Waals surface area contributed by atoms with Crippen molar-refractivity contribution in [2.75, 3.05) is 0 Å². The predicted molar refractivity (Wildman–Crippen MR) is 200 cm³/mol. The van der Waals surface area contributed by atoms with Crippen LogP contribution >= 0.6 is 0 Å². The number of carbonyl (C=O) groups is 2.